The summed E-state index contributed by atoms with van der Waals surface area (Å²) < 4.78 is 0.383. The second-order valence-electron chi connectivity index (χ2n) is 5.66. The highest BCUT2D eigenvalue weighted by atomic mass is 32.2. The minimum atomic E-state index is -1.33. The summed E-state index contributed by atoms with van der Waals surface area (Å²) in [5.74, 6) is -2.68. The average molecular weight is 434 g/mol. The minimum Gasteiger partial charge on any atom is -0.872 e. The number of benzene rings is 1. The van der Waals surface area contributed by atoms with Crippen molar-refractivity contribution in [1.82, 2.24) is 4.90 Å². The third kappa shape index (κ3) is 4.58. The number of thioether (sulfide) groups is 1. The van der Waals surface area contributed by atoms with Crippen LogP contribution in [0.3, 0.4) is 0 Å². The maximum Gasteiger partial charge on any atom is 0.335 e. The molecule has 2 amide bonds. The number of carboxylic acid groups (broad SMARTS) is 1. The number of nitrogens with one attached hydrogen (secondary N) is 1. The highest BCUT2D eigenvalue weighted by Gasteiger charge is 2.32. The summed E-state index contributed by atoms with van der Waals surface area (Å²) in [5, 5.41) is 25.0. The van der Waals surface area contributed by atoms with Gasteiger partial charge in [0.2, 0.25) is 5.91 Å². The van der Waals surface area contributed by atoms with E-state index in [0.29, 0.717) is 9.23 Å². The van der Waals surface area contributed by atoms with E-state index >= 15 is 0 Å². The molecule has 0 bridgehead atoms. The van der Waals surface area contributed by atoms with E-state index in [1.807, 2.05) is 17.5 Å². The third-order valence-electron chi connectivity index (χ3n) is 3.75. The number of thiophene rings is 1. The van der Waals surface area contributed by atoms with E-state index in [1.54, 1.807) is 6.08 Å². The van der Waals surface area contributed by atoms with Gasteiger partial charge in [0.1, 0.15) is 4.32 Å². The number of carbonyl (C=O) groups excluding carboxylic acids is 2. The Morgan fingerprint density at radius 1 is 1.32 bits per heavy atom. The van der Waals surface area contributed by atoms with Crippen LogP contribution in [0, 0.1) is 0 Å². The van der Waals surface area contributed by atoms with E-state index in [2.05, 4.69) is 5.32 Å². The lowest BCUT2D eigenvalue weighted by Crippen LogP contribution is -2.31. The molecule has 144 valence electrons. The standard InChI is InChI=1S/C18H14N2O5S3/c21-13-8-10(3-4-12(13)17(24)25)19-15(22)5-6-20-16(23)14(28-18(20)26)9-11-2-1-7-27-11/h1-4,7-9,21H,5-6H2,(H,19,22)(H,24,25)/p-1/b14-9-. The second-order valence-corrected chi connectivity index (χ2v) is 8.32. The number of thiocarbonyl (C=S) groups is 1. The van der Waals surface area contributed by atoms with Crippen LogP contribution >= 0.6 is 35.3 Å². The Balaban J connectivity index is 1.58. The number of rotatable bonds is 6. The zero-order chi connectivity index (χ0) is 20.3. The zero-order valence-corrected chi connectivity index (χ0v) is 16.7. The lowest BCUT2D eigenvalue weighted by Gasteiger charge is -2.15. The van der Waals surface area contributed by atoms with Gasteiger partial charge in [-0.15, -0.1) is 11.3 Å². The van der Waals surface area contributed by atoms with Crippen LogP contribution in [0.1, 0.15) is 21.7 Å². The summed E-state index contributed by atoms with van der Waals surface area (Å²) in [6.45, 7) is 0.107. The molecule has 1 fully saturated rings. The zero-order valence-electron chi connectivity index (χ0n) is 14.2. The van der Waals surface area contributed by atoms with Crippen LogP contribution in [-0.2, 0) is 9.59 Å². The van der Waals surface area contributed by atoms with Crippen molar-refractivity contribution >= 4 is 69.2 Å². The van der Waals surface area contributed by atoms with Gasteiger partial charge < -0.3 is 15.5 Å². The molecule has 2 heterocycles. The molecule has 0 spiro atoms. The Morgan fingerprint density at radius 3 is 2.75 bits per heavy atom. The van der Waals surface area contributed by atoms with Gasteiger partial charge in [0.05, 0.1) is 10.5 Å². The molecule has 2 aromatic rings. The molecule has 0 saturated carbocycles. The van der Waals surface area contributed by atoms with Gasteiger partial charge in [0, 0.05) is 23.5 Å². The normalized spacial score (nSPS) is 15.3. The molecule has 28 heavy (non-hydrogen) atoms. The van der Waals surface area contributed by atoms with E-state index in [0.717, 1.165) is 17.0 Å². The van der Waals surface area contributed by atoms with E-state index in [1.165, 1.54) is 34.1 Å². The molecule has 3 rings (SSSR count). The van der Waals surface area contributed by atoms with Crippen molar-refractivity contribution < 1.29 is 24.6 Å². The van der Waals surface area contributed by atoms with Gasteiger partial charge in [0.25, 0.3) is 5.91 Å². The first kappa shape index (κ1) is 20.1. The van der Waals surface area contributed by atoms with Crippen molar-refractivity contribution in [3.8, 4) is 5.75 Å². The molecule has 1 aromatic heterocycles. The number of hydrogen-bond donors (Lipinski definition) is 2. The SMILES string of the molecule is O=C(CCN1C(=O)/C(=C/c2cccs2)SC1=S)Nc1ccc(C(=O)O)c([O-])c1. The maximum atomic E-state index is 12.5. The second kappa shape index (κ2) is 8.55. The van der Waals surface area contributed by atoms with E-state index in [9.17, 15) is 19.5 Å². The van der Waals surface area contributed by atoms with Gasteiger partial charge in [-0.25, -0.2) is 4.79 Å². The molecule has 0 atom stereocenters. The number of nitrogens with zero attached hydrogens (tertiary/aromatic N) is 1. The average Bonchev–Trinajstić information content (AvgIpc) is 3.22. The lowest BCUT2D eigenvalue weighted by molar-refractivity contribution is -0.268. The fourth-order valence-corrected chi connectivity index (χ4v) is 4.44. The maximum absolute atomic E-state index is 12.5. The number of amides is 2. The van der Waals surface area contributed by atoms with Gasteiger partial charge in [-0.1, -0.05) is 35.8 Å². The minimum absolute atomic E-state index is 0.0202. The highest BCUT2D eigenvalue weighted by Crippen LogP contribution is 2.33. The van der Waals surface area contributed by atoms with Crippen molar-refractivity contribution in [2.45, 2.75) is 6.42 Å². The highest BCUT2D eigenvalue weighted by molar-refractivity contribution is 8.26. The van der Waals surface area contributed by atoms with Crippen molar-refractivity contribution in [1.29, 1.82) is 0 Å². The first-order chi connectivity index (χ1) is 13.3. The number of aromatic carboxylic acids is 1. The number of hydrogen-bond acceptors (Lipinski definition) is 7. The van der Waals surface area contributed by atoms with Crippen LogP contribution in [0.25, 0.3) is 6.08 Å². The molecule has 1 aromatic carbocycles. The van der Waals surface area contributed by atoms with Crippen molar-refractivity contribution in [3.05, 3.63) is 51.1 Å². The Bertz CT molecular complexity index is 985. The summed E-state index contributed by atoms with van der Waals surface area (Å²) in [6, 6.07) is 7.30. The van der Waals surface area contributed by atoms with E-state index < -0.39 is 17.6 Å². The van der Waals surface area contributed by atoms with Gasteiger partial charge >= 0.3 is 5.97 Å². The van der Waals surface area contributed by atoms with Crippen molar-refractivity contribution in [3.63, 3.8) is 0 Å². The molecule has 2 N–H and O–H groups in total. The first-order valence-electron chi connectivity index (χ1n) is 7.98. The topological polar surface area (TPSA) is 110 Å². The van der Waals surface area contributed by atoms with Crippen LogP contribution in [0.2, 0.25) is 0 Å². The van der Waals surface area contributed by atoms with Crippen LogP contribution in [0.4, 0.5) is 5.69 Å². The summed E-state index contributed by atoms with van der Waals surface area (Å²) in [5.41, 5.74) is -0.170. The van der Waals surface area contributed by atoms with Crippen LogP contribution < -0.4 is 10.4 Å². The van der Waals surface area contributed by atoms with Crippen LogP contribution in [0.5, 0.6) is 5.75 Å². The Labute approximate surface area is 173 Å². The van der Waals surface area contributed by atoms with Gasteiger partial charge in [0.15, 0.2) is 0 Å². The fourth-order valence-electron chi connectivity index (χ4n) is 2.41. The predicted octanol–water partition coefficient (Wildman–Crippen LogP) is 2.75. The predicted molar refractivity (Wildman–Crippen MR) is 110 cm³/mol. The lowest BCUT2D eigenvalue weighted by atomic mass is 10.2. The molecule has 1 saturated heterocycles. The Hall–Kier alpha value is -2.69. The molecular formula is C18H13N2O5S3-. The van der Waals surface area contributed by atoms with Crippen LogP contribution in [-0.4, -0.2) is 38.7 Å². The quantitative estimate of drug-likeness (QED) is 0.532. The Morgan fingerprint density at radius 2 is 2.11 bits per heavy atom. The summed E-state index contributed by atoms with van der Waals surface area (Å²) in [4.78, 5) is 38.3. The van der Waals surface area contributed by atoms with E-state index in [-0.39, 0.29) is 30.1 Å². The third-order valence-corrected chi connectivity index (χ3v) is 5.95. The van der Waals surface area contributed by atoms with E-state index in [4.69, 9.17) is 17.3 Å². The molecular weight excluding hydrogens is 420 g/mol. The summed E-state index contributed by atoms with van der Waals surface area (Å²) >= 11 is 7.93. The largest absolute Gasteiger partial charge is 0.872 e. The summed E-state index contributed by atoms with van der Waals surface area (Å²) in [6.07, 6.45) is 1.75. The number of carbonyl (C=O) groups is 3. The fraction of sp³-hybridized carbons (Fsp3) is 0.111. The van der Waals surface area contributed by atoms with Gasteiger partial charge in [-0.3, -0.25) is 14.5 Å². The molecule has 7 nitrogen and oxygen atoms in total. The summed E-state index contributed by atoms with van der Waals surface area (Å²) in [7, 11) is 0. The molecule has 0 aliphatic carbocycles. The molecule has 10 heteroatoms. The van der Waals surface area contributed by atoms with Crippen molar-refractivity contribution in [2.75, 3.05) is 11.9 Å². The van der Waals surface area contributed by atoms with Crippen LogP contribution in [0.15, 0.2) is 40.6 Å². The number of carboxylic acids is 1. The Kier molecular flexibility index (Phi) is 6.12. The first-order valence-corrected chi connectivity index (χ1v) is 10.1. The molecule has 0 radical (unpaired) electrons. The molecule has 1 aliphatic heterocycles. The molecule has 0 unspecified atom stereocenters. The smallest absolute Gasteiger partial charge is 0.335 e. The van der Waals surface area contributed by atoms with Crippen molar-refractivity contribution in [2.24, 2.45) is 0 Å². The molecule has 1 aliphatic rings. The number of anilines is 1. The van der Waals surface area contributed by atoms with Gasteiger partial charge in [-0.2, -0.15) is 0 Å². The van der Waals surface area contributed by atoms with Gasteiger partial charge in [-0.05, 0) is 35.7 Å². The monoisotopic (exact) mass is 433 g/mol.